The van der Waals surface area contributed by atoms with Crippen molar-refractivity contribution < 1.29 is 21.2 Å². The molecule has 0 amide bonds. The molecule has 0 fully saturated rings. The maximum absolute atomic E-state index is 13.7. The molecule has 0 bridgehead atoms. The Bertz CT molecular complexity index is 846. The first-order valence-corrected chi connectivity index (χ1v) is 9.88. The number of halogens is 1. The highest BCUT2D eigenvalue weighted by Gasteiger charge is 2.21. The Morgan fingerprint density at radius 3 is 2.57 bits per heavy atom. The fourth-order valence-corrected chi connectivity index (χ4v) is 3.87. The molecule has 0 spiro atoms. The Morgan fingerprint density at radius 1 is 1.29 bits per heavy atom. The van der Waals surface area contributed by atoms with Crippen molar-refractivity contribution >= 4 is 31.2 Å². The molecular formula is C11H11FN2O4S3. The number of thiazole rings is 1. The molecule has 1 aromatic carbocycles. The minimum Gasteiger partial charge on any atom is -0.248 e. The third kappa shape index (κ3) is 3.84. The van der Waals surface area contributed by atoms with Crippen LogP contribution in [0.2, 0.25) is 0 Å². The van der Waals surface area contributed by atoms with Crippen LogP contribution in [-0.2, 0) is 26.4 Å². The van der Waals surface area contributed by atoms with Crippen LogP contribution < -0.4 is 4.72 Å². The zero-order chi connectivity index (χ0) is 15.7. The van der Waals surface area contributed by atoms with E-state index >= 15 is 0 Å². The Kier molecular flexibility index (Phi) is 4.42. The van der Waals surface area contributed by atoms with E-state index in [-0.39, 0.29) is 11.4 Å². The Morgan fingerprint density at radius 2 is 2.00 bits per heavy atom. The SMILES string of the molecule is CS(=O)(=O)c1ccc(F)c(S(=O)(=O)NCc2cscn2)c1. The number of sulfone groups is 1. The highest BCUT2D eigenvalue weighted by Crippen LogP contribution is 2.19. The molecule has 1 heterocycles. The van der Waals surface area contributed by atoms with Crippen molar-refractivity contribution in [1.29, 1.82) is 0 Å². The van der Waals surface area contributed by atoms with Crippen LogP contribution in [0.25, 0.3) is 0 Å². The summed E-state index contributed by atoms with van der Waals surface area (Å²) < 4.78 is 62.8. The molecule has 6 nitrogen and oxygen atoms in total. The van der Waals surface area contributed by atoms with Gasteiger partial charge in [-0.05, 0) is 18.2 Å². The van der Waals surface area contributed by atoms with Crippen LogP contribution >= 0.6 is 11.3 Å². The summed E-state index contributed by atoms with van der Waals surface area (Å²) in [5.41, 5.74) is 2.03. The van der Waals surface area contributed by atoms with Crippen LogP contribution in [0.5, 0.6) is 0 Å². The summed E-state index contributed by atoms with van der Waals surface area (Å²) in [5, 5.41) is 1.64. The molecule has 2 rings (SSSR count). The molecule has 0 radical (unpaired) electrons. The smallest absolute Gasteiger partial charge is 0.243 e. The van der Waals surface area contributed by atoms with Gasteiger partial charge in [0.15, 0.2) is 9.84 Å². The lowest BCUT2D eigenvalue weighted by molar-refractivity contribution is 0.554. The fraction of sp³-hybridized carbons (Fsp3) is 0.182. The number of aromatic nitrogens is 1. The number of hydrogen-bond donors (Lipinski definition) is 1. The largest absolute Gasteiger partial charge is 0.248 e. The maximum Gasteiger partial charge on any atom is 0.243 e. The molecule has 0 saturated carbocycles. The fourth-order valence-electron chi connectivity index (χ4n) is 1.49. The Labute approximate surface area is 125 Å². The summed E-state index contributed by atoms with van der Waals surface area (Å²) in [6.07, 6.45) is 0.916. The minimum atomic E-state index is -4.17. The van der Waals surface area contributed by atoms with Gasteiger partial charge in [-0.25, -0.2) is 30.9 Å². The second-order valence-electron chi connectivity index (χ2n) is 4.17. The van der Waals surface area contributed by atoms with Gasteiger partial charge in [-0.1, -0.05) is 0 Å². The lowest BCUT2D eigenvalue weighted by Crippen LogP contribution is -2.24. The molecule has 21 heavy (non-hydrogen) atoms. The molecule has 1 N–H and O–H groups in total. The number of sulfonamides is 1. The van der Waals surface area contributed by atoms with Gasteiger partial charge in [0.05, 0.1) is 22.6 Å². The van der Waals surface area contributed by atoms with E-state index in [1.807, 2.05) is 0 Å². The first-order chi connectivity index (χ1) is 9.70. The van der Waals surface area contributed by atoms with Gasteiger partial charge in [-0.3, -0.25) is 0 Å². The maximum atomic E-state index is 13.7. The molecule has 114 valence electrons. The molecule has 0 atom stereocenters. The molecule has 2 aromatic rings. The lowest BCUT2D eigenvalue weighted by atomic mass is 10.3. The summed E-state index contributed by atoms with van der Waals surface area (Å²) in [4.78, 5) is 2.92. The van der Waals surface area contributed by atoms with Crippen LogP contribution in [0.3, 0.4) is 0 Å². The summed E-state index contributed by atoms with van der Waals surface area (Å²) in [6.45, 7) is -0.103. The van der Waals surface area contributed by atoms with Crippen LogP contribution in [0.15, 0.2) is 38.9 Å². The van der Waals surface area contributed by atoms with Crippen LogP contribution in [0, 0.1) is 5.82 Å². The van der Waals surface area contributed by atoms with Crippen molar-refractivity contribution in [3.8, 4) is 0 Å². The minimum absolute atomic E-state index is 0.103. The van der Waals surface area contributed by atoms with Gasteiger partial charge in [0.2, 0.25) is 10.0 Å². The van der Waals surface area contributed by atoms with Crippen molar-refractivity contribution in [3.05, 3.63) is 40.6 Å². The van der Waals surface area contributed by atoms with E-state index in [1.165, 1.54) is 16.8 Å². The standard InChI is InChI=1S/C11H11FN2O4S3/c1-20(15,16)9-2-3-10(12)11(4-9)21(17,18)14-5-8-6-19-7-13-8/h2-4,6-7,14H,5H2,1H3. The van der Waals surface area contributed by atoms with Gasteiger partial charge in [-0.15, -0.1) is 11.3 Å². The molecule has 0 aliphatic rings. The van der Waals surface area contributed by atoms with E-state index in [0.29, 0.717) is 5.69 Å². The van der Waals surface area contributed by atoms with Crippen LogP contribution in [-0.4, -0.2) is 28.1 Å². The average Bonchev–Trinajstić information content (AvgIpc) is 2.88. The van der Waals surface area contributed by atoms with E-state index < -0.39 is 30.6 Å². The Balaban J connectivity index is 2.35. The predicted molar refractivity (Wildman–Crippen MR) is 75.6 cm³/mol. The number of nitrogens with one attached hydrogen (secondary N) is 1. The van der Waals surface area contributed by atoms with E-state index in [1.54, 1.807) is 5.38 Å². The van der Waals surface area contributed by atoms with Crippen molar-refractivity contribution in [2.75, 3.05) is 6.26 Å². The van der Waals surface area contributed by atoms with Crippen molar-refractivity contribution in [2.45, 2.75) is 16.3 Å². The second-order valence-corrected chi connectivity index (χ2v) is 8.64. The third-order valence-corrected chi connectivity index (χ3v) is 5.71. The van der Waals surface area contributed by atoms with E-state index in [4.69, 9.17) is 0 Å². The van der Waals surface area contributed by atoms with Gasteiger partial charge >= 0.3 is 0 Å². The van der Waals surface area contributed by atoms with Crippen molar-refractivity contribution in [3.63, 3.8) is 0 Å². The van der Waals surface area contributed by atoms with Gasteiger partial charge in [-0.2, -0.15) is 0 Å². The first-order valence-electron chi connectivity index (χ1n) is 5.56. The second kappa shape index (κ2) is 5.79. The zero-order valence-corrected chi connectivity index (χ0v) is 13.2. The van der Waals surface area contributed by atoms with Gasteiger partial charge in [0, 0.05) is 11.6 Å². The highest BCUT2D eigenvalue weighted by molar-refractivity contribution is 7.91. The monoisotopic (exact) mass is 350 g/mol. The lowest BCUT2D eigenvalue weighted by Gasteiger charge is -2.08. The van der Waals surface area contributed by atoms with Crippen LogP contribution in [0.4, 0.5) is 4.39 Å². The molecule has 1 aromatic heterocycles. The van der Waals surface area contributed by atoms with Gasteiger partial charge < -0.3 is 0 Å². The van der Waals surface area contributed by atoms with Crippen molar-refractivity contribution in [1.82, 2.24) is 9.71 Å². The number of hydrogen-bond acceptors (Lipinski definition) is 6. The Hall–Kier alpha value is -1.36. The van der Waals surface area contributed by atoms with E-state index in [9.17, 15) is 21.2 Å². The van der Waals surface area contributed by atoms with Crippen LogP contribution in [0.1, 0.15) is 5.69 Å². The normalized spacial score (nSPS) is 12.5. The third-order valence-electron chi connectivity index (χ3n) is 2.55. The molecular weight excluding hydrogens is 339 g/mol. The van der Waals surface area contributed by atoms with Gasteiger partial charge in [0.25, 0.3) is 0 Å². The van der Waals surface area contributed by atoms with Gasteiger partial charge in [0.1, 0.15) is 10.7 Å². The quantitative estimate of drug-likeness (QED) is 0.817. The molecule has 10 heteroatoms. The summed E-state index contributed by atoms with van der Waals surface area (Å²) in [6, 6.07) is 2.63. The van der Waals surface area contributed by atoms with E-state index in [2.05, 4.69) is 9.71 Å². The summed E-state index contributed by atoms with van der Waals surface area (Å²) in [5.74, 6) is -1.02. The molecule has 0 saturated heterocycles. The zero-order valence-electron chi connectivity index (χ0n) is 10.8. The number of nitrogens with zero attached hydrogens (tertiary/aromatic N) is 1. The molecule has 0 aliphatic heterocycles. The molecule has 0 unspecified atom stereocenters. The number of benzene rings is 1. The van der Waals surface area contributed by atoms with E-state index in [0.717, 1.165) is 24.5 Å². The summed E-state index contributed by atoms with van der Waals surface area (Å²) >= 11 is 1.30. The average molecular weight is 350 g/mol. The molecule has 0 aliphatic carbocycles. The summed E-state index contributed by atoms with van der Waals surface area (Å²) in [7, 11) is -7.80. The first kappa shape index (κ1) is 16.0. The number of rotatable bonds is 5. The van der Waals surface area contributed by atoms with Crippen molar-refractivity contribution in [2.24, 2.45) is 0 Å². The topological polar surface area (TPSA) is 93.2 Å². The highest BCUT2D eigenvalue weighted by atomic mass is 32.2. The predicted octanol–water partition coefficient (Wildman–Crippen LogP) is 1.16.